The molecule has 1 atom stereocenters. The van der Waals surface area contributed by atoms with E-state index in [2.05, 4.69) is 79.1 Å². The van der Waals surface area contributed by atoms with Crippen molar-refractivity contribution in [3.8, 4) is 0 Å². The molecule has 4 N–H and O–H groups in total. The van der Waals surface area contributed by atoms with Crippen LogP contribution < -0.4 is 16.1 Å². The van der Waals surface area contributed by atoms with Crippen LogP contribution in [0.25, 0.3) is 0 Å². The Morgan fingerprint density at radius 3 is 2.11 bits per heavy atom. The van der Waals surface area contributed by atoms with Crippen molar-refractivity contribution < 1.29 is 5.21 Å². The summed E-state index contributed by atoms with van der Waals surface area (Å²) < 4.78 is 0. The van der Waals surface area contributed by atoms with E-state index in [9.17, 15) is 0 Å². The Hall–Kier alpha value is -2.48. The van der Waals surface area contributed by atoms with E-state index in [1.165, 1.54) is 73.2 Å². The molecule has 2 aliphatic rings. The highest BCUT2D eigenvalue weighted by molar-refractivity contribution is 5.79. The number of benzene rings is 1. The molecule has 1 aromatic rings. The molecule has 0 aliphatic heterocycles. The zero-order chi connectivity index (χ0) is 27.3. The Kier molecular flexibility index (Phi) is 19.3. The summed E-state index contributed by atoms with van der Waals surface area (Å²) in [5, 5.41) is 20.8. The Morgan fingerprint density at radius 2 is 1.64 bits per heavy atom. The Labute approximate surface area is 220 Å². The van der Waals surface area contributed by atoms with E-state index in [1.807, 2.05) is 6.92 Å². The van der Waals surface area contributed by atoms with Crippen molar-refractivity contribution in [2.75, 3.05) is 32.1 Å². The molecule has 0 saturated carbocycles. The van der Waals surface area contributed by atoms with Gasteiger partial charge in [0.2, 0.25) is 0 Å². The molecule has 3 rings (SSSR count). The van der Waals surface area contributed by atoms with Gasteiger partial charge in [-0.25, -0.2) is 0 Å². The van der Waals surface area contributed by atoms with Crippen molar-refractivity contribution >= 4 is 18.2 Å². The van der Waals surface area contributed by atoms with Gasteiger partial charge in [0.1, 0.15) is 12.5 Å². The fraction of sp³-hybridized carbons (Fsp3) is 0.586. The van der Waals surface area contributed by atoms with Crippen LogP contribution in [0, 0.1) is 0 Å². The summed E-state index contributed by atoms with van der Waals surface area (Å²) in [6.45, 7) is 23.9. The number of hydroxylamine groups is 2. The van der Waals surface area contributed by atoms with Gasteiger partial charge in [-0.3, -0.25) is 10.4 Å². The van der Waals surface area contributed by atoms with Crippen LogP contribution in [-0.4, -0.2) is 55.7 Å². The lowest BCUT2D eigenvalue weighted by Gasteiger charge is -2.20. The second kappa shape index (κ2) is 20.7. The smallest absolute Gasteiger partial charge is 0.116 e. The number of aliphatic imine (C=N–C) groups is 1. The van der Waals surface area contributed by atoms with Crippen molar-refractivity contribution in [2.45, 2.75) is 84.6 Å². The first-order chi connectivity index (χ1) is 17.5. The number of hydrogen-bond donors (Lipinski definition) is 4. The maximum atomic E-state index is 9.04. The van der Waals surface area contributed by atoms with Crippen LogP contribution in [0.2, 0.25) is 0 Å². The normalized spacial score (nSPS) is 14.1. The number of fused-ring (bicyclic) bond motifs is 2. The highest BCUT2D eigenvalue weighted by atomic mass is 16.5. The van der Waals surface area contributed by atoms with E-state index in [-0.39, 0.29) is 0 Å². The third-order valence-electron chi connectivity index (χ3n) is 6.17. The van der Waals surface area contributed by atoms with E-state index in [0.29, 0.717) is 19.3 Å². The molecular formula is C29H52N6O. The van der Waals surface area contributed by atoms with E-state index in [4.69, 9.17) is 5.21 Å². The van der Waals surface area contributed by atoms with E-state index >= 15 is 0 Å². The Bertz CT molecular complexity index is 743. The van der Waals surface area contributed by atoms with Gasteiger partial charge < -0.3 is 15.8 Å². The fourth-order valence-corrected chi connectivity index (χ4v) is 4.73. The maximum Gasteiger partial charge on any atom is 0.116 e. The molecule has 2 aliphatic carbocycles. The first kappa shape index (κ1) is 33.5. The van der Waals surface area contributed by atoms with Crippen molar-refractivity contribution in [3.05, 3.63) is 54.6 Å². The number of anilines is 1. The molecule has 0 fully saturated rings. The summed E-state index contributed by atoms with van der Waals surface area (Å²) in [5.74, 6) is 0.789. The van der Waals surface area contributed by atoms with Gasteiger partial charge in [0.15, 0.2) is 0 Å². The van der Waals surface area contributed by atoms with Crippen LogP contribution in [0.5, 0.6) is 0 Å². The minimum absolute atomic E-state index is 0.435. The largest absolute Gasteiger partial charge is 0.366 e. The number of aryl methyl sites for hydroxylation is 2. The minimum atomic E-state index is 0.435. The van der Waals surface area contributed by atoms with E-state index in [1.54, 1.807) is 18.2 Å². The average Bonchev–Trinajstić information content (AvgIpc) is 3.54. The number of nitrogens with one attached hydrogen (secondary N) is 3. The minimum Gasteiger partial charge on any atom is -0.366 e. The second-order valence-corrected chi connectivity index (χ2v) is 8.82. The number of hydrazone groups is 1. The van der Waals surface area contributed by atoms with Crippen LogP contribution in [-0.2, 0) is 25.7 Å². The molecule has 0 heterocycles. The van der Waals surface area contributed by atoms with Gasteiger partial charge in [0, 0.05) is 32.0 Å². The second-order valence-electron chi connectivity index (χ2n) is 8.82. The molecule has 7 heteroatoms. The molecule has 0 aromatic heterocycles. The maximum absolute atomic E-state index is 9.04. The van der Waals surface area contributed by atoms with Crippen molar-refractivity contribution in [2.24, 2.45) is 10.1 Å². The standard InChI is InChI=1S/C16H22N4.C9H22N2O.2C2H4/c1-11(20-17-2)18-10-19-16-14-7-3-5-12(14)9-13-6-4-8-15(13)16;1-4-6-7-9(10-5-2)8-11(3)12;2*1-2/h9,19H,2-8,10H2,1H3,(H,18,20);9-10,12H,4-8H2,1-3H3;2*1-2H2. The molecule has 204 valence electrons. The molecule has 0 amide bonds. The van der Waals surface area contributed by atoms with Crippen LogP contribution in [0.15, 0.2) is 42.5 Å². The number of nitrogens with zero attached hydrogens (tertiary/aromatic N) is 3. The molecule has 1 aromatic carbocycles. The van der Waals surface area contributed by atoms with Crippen LogP contribution >= 0.6 is 0 Å². The predicted molar refractivity (Wildman–Crippen MR) is 159 cm³/mol. The van der Waals surface area contributed by atoms with Gasteiger partial charge in [0.25, 0.3) is 0 Å². The first-order valence-electron chi connectivity index (χ1n) is 13.3. The highest BCUT2D eigenvalue weighted by Gasteiger charge is 2.23. The quantitative estimate of drug-likeness (QED) is 0.135. The van der Waals surface area contributed by atoms with Gasteiger partial charge >= 0.3 is 0 Å². The Morgan fingerprint density at radius 1 is 1.06 bits per heavy atom. The summed E-state index contributed by atoms with van der Waals surface area (Å²) in [5.41, 5.74) is 10.3. The number of amidine groups is 1. The molecule has 1 unspecified atom stereocenters. The number of likely N-dealkylation sites (N-methyl/N-ethyl adjacent to an activating group) is 2. The Balaban J connectivity index is 0.000000662. The average molecular weight is 501 g/mol. The van der Waals surface area contributed by atoms with Crippen LogP contribution in [0.4, 0.5) is 5.69 Å². The third kappa shape index (κ3) is 12.0. The lowest BCUT2D eigenvalue weighted by atomic mass is 9.99. The van der Waals surface area contributed by atoms with Gasteiger partial charge in [-0.1, -0.05) is 32.8 Å². The number of rotatable bonds is 11. The predicted octanol–water partition coefficient (Wildman–Crippen LogP) is 5.74. The van der Waals surface area contributed by atoms with Gasteiger partial charge in [-0.05, 0) is 80.7 Å². The summed E-state index contributed by atoms with van der Waals surface area (Å²) in [6.07, 6.45) is 11.1. The number of unbranched alkanes of at least 4 members (excludes halogenated alkanes) is 1. The van der Waals surface area contributed by atoms with Gasteiger partial charge in [-0.15, -0.1) is 26.3 Å². The third-order valence-corrected chi connectivity index (χ3v) is 6.17. The van der Waals surface area contributed by atoms with Crippen LogP contribution in [0.3, 0.4) is 0 Å². The van der Waals surface area contributed by atoms with Gasteiger partial charge in [0.05, 0.1) is 0 Å². The zero-order valence-corrected chi connectivity index (χ0v) is 23.5. The highest BCUT2D eigenvalue weighted by Crippen LogP contribution is 2.38. The van der Waals surface area contributed by atoms with Crippen molar-refractivity contribution in [1.82, 2.24) is 15.8 Å². The van der Waals surface area contributed by atoms with E-state index in [0.717, 1.165) is 18.8 Å². The summed E-state index contributed by atoms with van der Waals surface area (Å²) in [6, 6.07) is 2.89. The molecule has 7 nitrogen and oxygen atoms in total. The summed E-state index contributed by atoms with van der Waals surface area (Å²) in [4.78, 5) is 4.42. The number of hydrogen-bond acceptors (Lipinski definition) is 6. The lowest BCUT2D eigenvalue weighted by Crippen LogP contribution is -2.38. The molecule has 0 bridgehead atoms. The van der Waals surface area contributed by atoms with Crippen molar-refractivity contribution in [3.63, 3.8) is 0 Å². The molecular weight excluding hydrogens is 448 g/mol. The first-order valence-corrected chi connectivity index (χ1v) is 13.3. The molecule has 0 spiro atoms. The molecule has 0 radical (unpaired) electrons. The zero-order valence-electron chi connectivity index (χ0n) is 23.5. The van der Waals surface area contributed by atoms with Crippen molar-refractivity contribution in [1.29, 1.82) is 0 Å². The van der Waals surface area contributed by atoms with Crippen LogP contribution in [0.1, 0.15) is 75.1 Å². The topological polar surface area (TPSA) is 84.3 Å². The monoisotopic (exact) mass is 500 g/mol. The molecule has 36 heavy (non-hydrogen) atoms. The van der Waals surface area contributed by atoms with E-state index < -0.39 is 0 Å². The summed E-state index contributed by atoms with van der Waals surface area (Å²) >= 11 is 0. The molecule has 0 saturated heterocycles. The fourth-order valence-electron chi connectivity index (χ4n) is 4.73. The lowest BCUT2D eigenvalue weighted by molar-refractivity contribution is -0.0715. The van der Waals surface area contributed by atoms with Gasteiger partial charge in [-0.2, -0.15) is 10.2 Å². The summed E-state index contributed by atoms with van der Waals surface area (Å²) in [7, 11) is 1.69. The SMILES string of the molecule is C=C.C=C.C=NN/C(C)=N\CNc1c2c(cc3c1CCC3)CCC2.CCCCC(CN(C)O)NCC.